The second-order valence-corrected chi connectivity index (χ2v) is 6.24. The molecule has 2 rings (SSSR count). The average molecular weight is 294 g/mol. The van der Waals surface area contributed by atoms with Crippen LogP contribution in [0, 0.1) is 13.8 Å². The molecule has 1 aromatic rings. The van der Waals surface area contributed by atoms with E-state index in [1.807, 2.05) is 32.0 Å². The number of para-hydroxylation sites is 1. The van der Waals surface area contributed by atoms with E-state index in [1.165, 1.54) is 24.5 Å². The largest absolute Gasteiger partial charge is 0.490 e. The Hall–Kier alpha value is -1.10. The summed E-state index contributed by atoms with van der Waals surface area (Å²) in [5, 5.41) is 10.2. The van der Waals surface area contributed by atoms with Crippen LogP contribution in [0.2, 0.25) is 0 Å². The molecule has 4 heteroatoms. The van der Waals surface area contributed by atoms with E-state index in [-0.39, 0.29) is 6.10 Å². The lowest BCUT2D eigenvalue weighted by atomic mass is 10.1. The Labute approximate surface area is 128 Å². The van der Waals surface area contributed by atoms with Gasteiger partial charge in [0.05, 0.1) is 6.54 Å². The zero-order valence-corrected chi connectivity index (χ0v) is 13.6. The molecule has 0 bridgehead atoms. The monoisotopic (exact) mass is 294 g/mol. The number of quaternary nitrogens is 2. The smallest absolute Gasteiger partial charge is 0.137 e. The second kappa shape index (κ2) is 7.78. The standard InChI is InChI=1S/C17H28N2O2/c1-4-18-8-10-19(11-9-18)12-16(20)13-21-17-14(2)6-5-7-15(17)3/h5-7,16,20H,4,8-13H2,1-3H3/p+2. The van der Waals surface area contributed by atoms with Crippen molar-refractivity contribution in [1.29, 1.82) is 0 Å². The number of rotatable bonds is 6. The number of nitrogens with one attached hydrogen (secondary N) is 2. The molecule has 3 N–H and O–H groups in total. The summed E-state index contributed by atoms with van der Waals surface area (Å²) in [5.41, 5.74) is 2.27. The molecular formula is C17H30N2O2+2. The normalized spacial score (nSPS) is 23.8. The van der Waals surface area contributed by atoms with Crippen LogP contribution >= 0.6 is 0 Å². The van der Waals surface area contributed by atoms with Gasteiger partial charge in [0.1, 0.15) is 51.2 Å². The molecule has 1 unspecified atom stereocenters. The first-order valence-corrected chi connectivity index (χ1v) is 8.14. The molecule has 1 saturated heterocycles. The Bertz CT molecular complexity index is 422. The van der Waals surface area contributed by atoms with E-state index >= 15 is 0 Å². The lowest BCUT2D eigenvalue weighted by molar-refractivity contribution is -1.01. The molecule has 21 heavy (non-hydrogen) atoms. The molecule has 0 spiro atoms. The van der Waals surface area contributed by atoms with Crippen LogP contribution in [-0.2, 0) is 0 Å². The number of aliphatic hydroxyl groups is 1. The Morgan fingerprint density at radius 2 is 1.67 bits per heavy atom. The number of benzene rings is 1. The zero-order chi connectivity index (χ0) is 15.2. The molecule has 1 fully saturated rings. The molecule has 1 aliphatic rings. The number of hydrogen-bond donors (Lipinski definition) is 3. The second-order valence-electron chi connectivity index (χ2n) is 6.24. The number of aliphatic hydroxyl groups excluding tert-OH is 1. The van der Waals surface area contributed by atoms with Gasteiger partial charge < -0.3 is 19.6 Å². The van der Waals surface area contributed by atoms with Gasteiger partial charge in [0, 0.05) is 0 Å². The SMILES string of the molecule is CC[NH+]1CC[NH+](CC(O)COc2c(C)cccc2C)CC1. The fourth-order valence-corrected chi connectivity index (χ4v) is 3.11. The van der Waals surface area contributed by atoms with Gasteiger partial charge in [-0.05, 0) is 31.9 Å². The van der Waals surface area contributed by atoms with E-state index in [2.05, 4.69) is 6.92 Å². The van der Waals surface area contributed by atoms with Gasteiger partial charge in [-0.1, -0.05) is 18.2 Å². The fourth-order valence-electron chi connectivity index (χ4n) is 3.11. The van der Waals surface area contributed by atoms with Crippen LogP contribution in [0.4, 0.5) is 0 Å². The van der Waals surface area contributed by atoms with Crippen LogP contribution in [0.1, 0.15) is 18.1 Å². The summed E-state index contributed by atoms with van der Waals surface area (Å²) in [6.07, 6.45) is -0.387. The molecule has 118 valence electrons. The molecule has 0 aromatic heterocycles. The summed E-state index contributed by atoms with van der Waals surface area (Å²) in [7, 11) is 0. The topological polar surface area (TPSA) is 38.3 Å². The van der Waals surface area contributed by atoms with Crippen molar-refractivity contribution in [3.63, 3.8) is 0 Å². The molecule has 1 aromatic carbocycles. The van der Waals surface area contributed by atoms with Crippen LogP contribution in [0.15, 0.2) is 18.2 Å². The Balaban J connectivity index is 1.76. The van der Waals surface area contributed by atoms with Crippen LogP contribution in [0.3, 0.4) is 0 Å². The highest BCUT2D eigenvalue weighted by molar-refractivity contribution is 5.39. The van der Waals surface area contributed by atoms with Crippen molar-refractivity contribution in [2.45, 2.75) is 26.9 Å². The maximum Gasteiger partial charge on any atom is 0.137 e. The van der Waals surface area contributed by atoms with E-state index < -0.39 is 0 Å². The average Bonchev–Trinajstić information content (AvgIpc) is 2.47. The van der Waals surface area contributed by atoms with E-state index in [4.69, 9.17) is 4.74 Å². The summed E-state index contributed by atoms with van der Waals surface area (Å²) in [6.45, 7) is 13.5. The predicted octanol–water partition coefficient (Wildman–Crippen LogP) is -1.15. The summed E-state index contributed by atoms with van der Waals surface area (Å²) < 4.78 is 5.84. The van der Waals surface area contributed by atoms with Gasteiger partial charge in [0.2, 0.25) is 0 Å². The molecular weight excluding hydrogens is 264 g/mol. The van der Waals surface area contributed by atoms with E-state index in [1.54, 1.807) is 4.90 Å². The summed E-state index contributed by atoms with van der Waals surface area (Å²) in [4.78, 5) is 3.19. The first kappa shape index (κ1) is 16.3. The third-order valence-corrected chi connectivity index (χ3v) is 4.52. The molecule has 0 radical (unpaired) electrons. The molecule has 1 heterocycles. The maximum absolute atomic E-state index is 10.2. The molecule has 1 aliphatic heterocycles. The van der Waals surface area contributed by atoms with Crippen LogP contribution < -0.4 is 14.5 Å². The first-order chi connectivity index (χ1) is 10.1. The van der Waals surface area contributed by atoms with Gasteiger partial charge in [0.25, 0.3) is 0 Å². The third kappa shape index (κ3) is 4.70. The van der Waals surface area contributed by atoms with Gasteiger partial charge in [0.15, 0.2) is 0 Å². The summed E-state index contributed by atoms with van der Waals surface area (Å²) in [5.74, 6) is 0.923. The lowest BCUT2D eigenvalue weighted by Crippen LogP contribution is -3.28. The predicted molar refractivity (Wildman–Crippen MR) is 84.2 cm³/mol. The number of hydrogen-bond acceptors (Lipinski definition) is 2. The highest BCUT2D eigenvalue weighted by Gasteiger charge is 2.24. The Morgan fingerprint density at radius 1 is 1.10 bits per heavy atom. The third-order valence-electron chi connectivity index (χ3n) is 4.52. The molecule has 0 saturated carbocycles. The minimum atomic E-state index is -0.387. The van der Waals surface area contributed by atoms with Crippen molar-refractivity contribution < 1.29 is 19.6 Å². The van der Waals surface area contributed by atoms with Crippen molar-refractivity contribution in [2.24, 2.45) is 0 Å². The minimum Gasteiger partial charge on any atom is -0.490 e. The fraction of sp³-hybridized carbons (Fsp3) is 0.647. The van der Waals surface area contributed by atoms with E-state index in [0.29, 0.717) is 6.61 Å². The highest BCUT2D eigenvalue weighted by atomic mass is 16.5. The first-order valence-electron chi connectivity index (χ1n) is 8.14. The highest BCUT2D eigenvalue weighted by Crippen LogP contribution is 2.22. The quantitative estimate of drug-likeness (QED) is 0.620. The zero-order valence-electron chi connectivity index (χ0n) is 13.6. The van der Waals surface area contributed by atoms with Crippen LogP contribution in [0.5, 0.6) is 5.75 Å². The molecule has 4 nitrogen and oxygen atoms in total. The van der Waals surface area contributed by atoms with Crippen molar-refractivity contribution in [3.8, 4) is 5.75 Å². The van der Waals surface area contributed by atoms with E-state index in [9.17, 15) is 5.11 Å². The van der Waals surface area contributed by atoms with Crippen molar-refractivity contribution in [2.75, 3.05) is 45.9 Å². The summed E-state index contributed by atoms with van der Waals surface area (Å²) in [6, 6.07) is 6.13. The van der Waals surface area contributed by atoms with Gasteiger partial charge in [-0.25, -0.2) is 0 Å². The lowest BCUT2D eigenvalue weighted by Gasteiger charge is -2.30. The van der Waals surface area contributed by atoms with Crippen LogP contribution in [0.25, 0.3) is 0 Å². The number of piperazine rings is 1. The maximum atomic E-state index is 10.2. The van der Waals surface area contributed by atoms with Crippen molar-refractivity contribution in [1.82, 2.24) is 0 Å². The Kier molecular flexibility index (Phi) is 6.03. The van der Waals surface area contributed by atoms with Crippen molar-refractivity contribution >= 4 is 0 Å². The van der Waals surface area contributed by atoms with Gasteiger partial charge in [-0.2, -0.15) is 0 Å². The van der Waals surface area contributed by atoms with Gasteiger partial charge in [-0.3, -0.25) is 0 Å². The number of ether oxygens (including phenoxy) is 1. The molecule has 0 aliphatic carbocycles. The number of likely N-dealkylation sites (N-methyl/N-ethyl adjacent to an activating group) is 1. The van der Waals surface area contributed by atoms with Gasteiger partial charge >= 0.3 is 0 Å². The van der Waals surface area contributed by atoms with Crippen LogP contribution in [-0.4, -0.2) is 57.1 Å². The van der Waals surface area contributed by atoms with Crippen molar-refractivity contribution in [3.05, 3.63) is 29.3 Å². The number of aryl methyl sites for hydroxylation is 2. The van der Waals surface area contributed by atoms with Gasteiger partial charge in [-0.15, -0.1) is 0 Å². The summed E-state index contributed by atoms with van der Waals surface area (Å²) >= 11 is 0. The molecule has 1 atom stereocenters. The molecule has 0 amide bonds. The Morgan fingerprint density at radius 3 is 2.24 bits per heavy atom. The minimum absolute atomic E-state index is 0.387. The van der Waals surface area contributed by atoms with E-state index in [0.717, 1.165) is 36.5 Å².